The number of ether oxygens (including phenoxy) is 1. The number of nitrogens with one attached hydrogen (secondary N) is 1. The predicted octanol–water partition coefficient (Wildman–Crippen LogP) is 3.06. The third-order valence-electron chi connectivity index (χ3n) is 3.96. The lowest BCUT2D eigenvalue weighted by Gasteiger charge is -2.26. The van der Waals surface area contributed by atoms with Gasteiger partial charge in [0.15, 0.2) is 0 Å². The number of hydrogen-bond donors (Lipinski definition) is 1. The van der Waals surface area contributed by atoms with Gasteiger partial charge in [-0.05, 0) is 29.8 Å². The van der Waals surface area contributed by atoms with Gasteiger partial charge in [0.25, 0.3) is 0 Å². The van der Waals surface area contributed by atoms with Gasteiger partial charge in [0.05, 0.1) is 19.6 Å². The number of benzene rings is 1. The van der Waals surface area contributed by atoms with Gasteiger partial charge in [-0.1, -0.05) is 23.7 Å². The minimum Gasteiger partial charge on any atom is -0.379 e. The summed E-state index contributed by atoms with van der Waals surface area (Å²) in [6.07, 6.45) is 0.425. The van der Waals surface area contributed by atoms with Gasteiger partial charge in [-0.15, -0.1) is 11.3 Å². The fourth-order valence-electron chi connectivity index (χ4n) is 2.67. The van der Waals surface area contributed by atoms with Crippen molar-refractivity contribution >= 4 is 28.8 Å². The summed E-state index contributed by atoms with van der Waals surface area (Å²) >= 11 is 7.67. The Kier molecular flexibility index (Phi) is 6.26. The topological polar surface area (TPSA) is 41.6 Å². The third-order valence-corrected chi connectivity index (χ3v) is 5.33. The Bertz CT molecular complexity index is 683. The average molecular weight is 365 g/mol. The second-order valence-electron chi connectivity index (χ2n) is 5.76. The van der Waals surface area contributed by atoms with Gasteiger partial charge in [0, 0.05) is 41.0 Å². The van der Waals surface area contributed by atoms with Crippen LogP contribution in [0.25, 0.3) is 10.4 Å². The fourth-order valence-corrected chi connectivity index (χ4v) is 3.86. The van der Waals surface area contributed by atoms with Gasteiger partial charge in [-0.2, -0.15) is 0 Å². The van der Waals surface area contributed by atoms with Crippen molar-refractivity contribution in [2.24, 2.45) is 0 Å². The van der Waals surface area contributed by atoms with Gasteiger partial charge >= 0.3 is 0 Å². The summed E-state index contributed by atoms with van der Waals surface area (Å²) in [4.78, 5) is 16.6. The fraction of sp³-hybridized carbons (Fsp3) is 0.389. The molecule has 3 rings (SSSR count). The second-order valence-corrected chi connectivity index (χ2v) is 7.36. The first-order chi connectivity index (χ1) is 11.7. The smallest absolute Gasteiger partial charge is 0.225 e. The van der Waals surface area contributed by atoms with Crippen LogP contribution in [-0.4, -0.2) is 50.2 Å². The maximum atomic E-state index is 12.1. The summed E-state index contributed by atoms with van der Waals surface area (Å²) < 4.78 is 5.32. The highest BCUT2D eigenvalue weighted by molar-refractivity contribution is 7.15. The van der Waals surface area contributed by atoms with E-state index in [0.717, 1.165) is 53.2 Å². The molecule has 1 aliphatic heterocycles. The molecule has 0 aliphatic carbocycles. The minimum absolute atomic E-state index is 0.0720. The quantitative estimate of drug-likeness (QED) is 0.856. The molecule has 24 heavy (non-hydrogen) atoms. The summed E-state index contributed by atoms with van der Waals surface area (Å²) in [5.41, 5.74) is 1.09. The van der Waals surface area contributed by atoms with E-state index in [1.165, 1.54) is 0 Å². The molecule has 4 nitrogen and oxygen atoms in total. The van der Waals surface area contributed by atoms with Crippen molar-refractivity contribution in [2.75, 3.05) is 39.4 Å². The van der Waals surface area contributed by atoms with Crippen LogP contribution in [0.4, 0.5) is 0 Å². The molecule has 0 unspecified atom stereocenters. The molecule has 0 radical (unpaired) electrons. The lowest BCUT2D eigenvalue weighted by molar-refractivity contribution is -0.120. The van der Waals surface area contributed by atoms with Crippen molar-refractivity contribution in [3.8, 4) is 10.4 Å². The van der Waals surface area contributed by atoms with Gasteiger partial charge in [0.1, 0.15) is 0 Å². The Morgan fingerprint density at radius 1 is 1.25 bits per heavy atom. The molecule has 0 saturated carbocycles. The number of halogens is 1. The van der Waals surface area contributed by atoms with Crippen LogP contribution in [-0.2, 0) is 16.0 Å². The highest BCUT2D eigenvalue weighted by atomic mass is 35.5. The Morgan fingerprint density at radius 3 is 2.88 bits per heavy atom. The van der Waals surface area contributed by atoms with Crippen molar-refractivity contribution in [3.63, 3.8) is 0 Å². The molecule has 1 amide bonds. The SMILES string of the molecule is O=C(Cc1ccc(-c2cccc(Cl)c2)s1)NCCN1CCOCC1. The Balaban J connectivity index is 1.46. The van der Waals surface area contributed by atoms with Crippen LogP contribution in [0.15, 0.2) is 36.4 Å². The van der Waals surface area contributed by atoms with Crippen LogP contribution in [0.1, 0.15) is 4.88 Å². The molecular formula is C18H21ClN2O2S. The molecule has 1 aromatic carbocycles. The molecule has 128 valence electrons. The summed E-state index contributed by atoms with van der Waals surface area (Å²) in [5, 5.41) is 3.73. The van der Waals surface area contributed by atoms with Gasteiger partial charge in [-0.25, -0.2) is 0 Å². The van der Waals surface area contributed by atoms with E-state index in [1.54, 1.807) is 11.3 Å². The number of nitrogens with zero attached hydrogens (tertiary/aromatic N) is 1. The molecule has 2 aromatic rings. The zero-order chi connectivity index (χ0) is 16.8. The highest BCUT2D eigenvalue weighted by Gasteiger charge is 2.11. The van der Waals surface area contributed by atoms with Crippen LogP contribution in [0.5, 0.6) is 0 Å². The molecule has 1 aliphatic rings. The molecular weight excluding hydrogens is 344 g/mol. The van der Waals surface area contributed by atoms with Crippen molar-refractivity contribution in [1.29, 1.82) is 0 Å². The molecule has 0 atom stereocenters. The molecule has 1 aromatic heterocycles. The lowest BCUT2D eigenvalue weighted by atomic mass is 10.2. The van der Waals surface area contributed by atoms with Crippen LogP contribution >= 0.6 is 22.9 Å². The summed E-state index contributed by atoms with van der Waals surface area (Å²) in [6.45, 7) is 5.04. The number of carbonyl (C=O) groups is 1. The third kappa shape index (κ3) is 5.05. The van der Waals surface area contributed by atoms with Crippen LogP contribution in [0, 0.1) is 0 Å². The number of hydrogen-bond acceptors (Lipinski definition) is 4. The zero-order valence-electron chi connectivity index (χ0n) is 13.5. The molecule has 2 heterocycles. The van der Waals surface area contributed by atoms with E-state index in [0.29, 0.717) is 13.0 Å². The van der Waals surface area contributed by atoms with E-state index >= 15 is 0 Å². The first-order valence-corrected chi connectivity index (χ1v) is 9.31. The van der Waals surface area contributed by atoms with E-state index in [4.69, 9.17) is 16.3 Å². The van der Waals surface area contributed by atoms with Gasteiger partial charge < -0.3 is 10.1 Å². The van der Waals surface area contributed by atoms with E-state index < -0.39 is 0 Å². The van der Waals surface area contributed by atoms with Crippen molar-refractivity contribution in [3.05, 3.63) is 46.3 Å². The maximum Gasteiger partial charge on any atom is 0.225 e. The Morgan fingerprint density at radius 2 is 2.08 bits per heavy atom. The Hall–Kier alpha value is -1.40. The van der Waals surface area contributed by atoms with Crippen LogP contribution < -0.4 is 5.32 Å². The van der Waals surface area contributed by atoms with Crippen LogP contribution in [0.3, 0.4) is 0 Å². The normalized spacial score (nSPS) is 15.4. The van der Waals surface area contributed by atoms with Crippen molar-refractivity contribution < 1.29 is 9.53 Å². The predicted molar refractivity (Wildman–Crippen MR) is 98.7 cm³/mol. The van der Waals surface area contributed by atoms with Crippen molar-refractivity contribution in [1.82, 2.24) is 10.2 Å². The van der Waals surface area contributed by atoms with Gasteiger partial charge in [0.2, 0.25) is 5.91 Å². The first kappa shape index (κ1) is 17.4. The number of carbonyl (C=O) groups excluding carboxylic acids is 1. The van der Waals surface area contributed by atoms with E-state index in [2.05, 4.69) is 10.2 Å². The minimum atomic E-state index is 0.0720. The zero-order valence-corrected chi connectivity index (χ0v) is 15.0. The number of rotatable bonds is 6. The van der Waals surface area contributed by atoms with Crippen LogP contribution in [0.2, 0.25) is 5.02 Å². The second kappa shape index (κ2) is 8.62. The van der Waals surface area contributed by atoms with E-state index in [9.17, 15) is 4.79 Å². The monoisotopic (exact) mass is 364 g/mol. The molecule has 1 N–H and O–H groups in total. The lowest BCUT2D eigenvalue weighted by Crippen LogP contribution is -2.41. The van der Waals surface area contributed by atoms with E-state index in [-0.39, 0.29) is 5.91 Å². The van der Waals surface area contributed by atoms with E-state index in [1.807, 2.05) is 36.4 Å². The average Bonchev–Trinajstić information content (AvgIpc) is 3.04. The number of amides is 1. The number of thiophene rings is 1. The summed E-state index contributed by atoms with van der Waals surface area (Å²) in [6, 6.07) is 11.8. The highest BCUT2D eigenvalue weighted by Crippen LogP contribution is 2.29. The molecule has 1 saturated heterocycles. The Labute approximate surface area is 151 Å². The number of morpholine rings is 1. The molecule has 6 heteroatoms. The molecule has 0 bridgehead atoms. The van der Waals surface area contributed by atoms with Crippen molar-refractivity contribution in [2.45, 2.75) is 6.42 Å². The standard InChI is InChI=1S/C18H21ClN2O2S/c19-15-3-1-2-14(12-15)17-5-4-16(24-17)13-18(22)20-6-7-21-8-10-23-11-9-21/h1-5,12H,6-11,13H2,(H,20,22). The molecule has 0 spiro atoms. The molecule has 1 fully saturated rings. The largest absolute Gasteiger partial charge is 0.379 e. The maximum absolute atomic E-state index is 12.1. The first-order valence-electron chi connectivity index (χ1n) is 8.12. The summed E-state index contributed by atoms with van der Waals surface area (Å²) in [7, 11) is 0. The summed E-state index contributed by atoms with van der Waals surface area (Å²) in [5.74, 6) is 0.0720. The van der Waals surface area contributed by atoms with Gasteiger partial charge in [-0.3, -0.25) is 9.69 Å².